The molecule has 0 bridgehead atoms. The van der Waals surface area contributed by atoms with Gasteiger partial charge in [-0.05, 0) is 42.5 Å². The van der Waals surface area contributed by atoms with Crippen molar-refractivity contribution in [3.05, 3.63) is 71.4 Å². The third-order valence-corrected chi connectivity index (χ3v) is 6.01. The minimum atomic E-state index is -0.946. The molecule has 4 N–H and O–H groups in total. The van der Waals surface area contributed by atoms with Gasteiger partial charge in [0, 0.05) is 18.5 Å². The lowest BCUT2D eigenvalue weighted by Crippen LogP contribution is -2.32. The molecular formula is C25H26N4O5. The van der Waals surface area contributed by atoms with E-state index in [1.54, 1.807) is 13.8 Å². The number of aliphatic carboxylic acids is 1. The van der Waals surface area contributed by atoms with Gasteiger partial charge in [-0.2, -0.15) is 5.10 Å². The number of aromatic nitrogens is 2. The number of hydrogen-bond acceptors (Lipinski definition) is 5. The van der Waals surface area contributed by atoms with Gasteiger partial charge in [-0.3, -0.25) is 20.0 Å². The van der Waals surface area contributed by atoms with Crippen LogP contribution >= 0.6 is 0 Å². The molecule has 1 heterocycles. The van der Waals surface area contributed by atoms with E-state index in [-0.39, 0.29) is 37.0 Å². The fraction of sp³-hybridized carbons (Fsp3) is 0.280. The minimum absolute atomic E-state index is 0.0614. The average molecular weight is 463 g/mol. The molecule has 1 aliphatic carbocycles. The molecule has 9 heteroatoms. The molecule has 0 aliphatic heterocycles. The molecule has 0 saturated heterocycles. The van der Waals surface area contributed by atoms with Crippen LogP contribution < -0.4 is 10.6 Å². The van der Waals surface area contributed by atoms with E-state index in [0.717, 1.165) is 22.3 Å². The van der Waals surface area contributed by atoms with Crippen molar-refractivity contribution in [3.63, 3.8) is 0 Å². The molecule has 1 aliphatic rings. The van der Waals surface area contributed by atoms with Crippen LogP contribution in [-0.4, -0.2) is 46.4 Å². The molecule has 1 aromatic heterocycles. The lowest BCUT2D eigenvalue weighted by molar-refractivity contribution is -0.147. The second kappa shape index (κ2) is 9.38. The first-order valence-corrected chi connectivity index (χ1v) is 11.0. The fourth-order valence-electron chi connectivity index (χ4n) is 3.93. The number of nitrogens with zero attached hydrogens (tertiary/aromatic N) is 1. The van der Waals surface area contributed by atoms with E-state index < -0.39 is 23.4 Å². The van der Waals surface area contributed by atoms with Crippen LogP contribution in [0.15, 0.2) is 54.6 Å². The molecule has 2 aromatic carbocycles. The van der Waals surface area contributed by atoms with E-state index in [1.807, 2.05) is 36.4 Å². The van der Waals surface area contributed by atoms with Crippen molar-refractivity contribution in [1.29, 1.82) is 0 Å². The molecule has 0 unspecified atom stereocenters. The third kappa shape index (κ3) is 4.78. The number of fused-ring (bicyclic) bond motifs is 3. The van der Waals surface area contributed by atoms with Gasteiger partial charge in [0.25, 0.3) is 5.91 Å². The Morgan fingerprint density at radius 2 is 1.68 bits per heavy atom. The summed E-state index contributed by atoms with van der Waals surface area (Å²) in [5.74, 6) is -1.30. The Balaban J connectivity index is 1.31. The van der Waals surface area contributed by atoms with Crippen LogP contribution in [0.5, 0.6) is 0 Å². The van der Waals surface area contributed by atoms with Gasteiger partial charge in [-0.15, -0.1) is 0 Å². The summed E-state index contributed by atoms with van der Waals surface area (Å²) in [6, 6.07) is 17.5. The molecule has 2 amide bonds. The number of rotatable bonds is 8. The van der Waals surface area contributed by atoms with Gasteiger partial charge < -0.3 is 15.2 Å². The maximum Gasteiger partial charge on any atom is 0.412 e. The standard InChI is InChI=1S/C25H26N4O5/c1-25(2,23(31)32)11-12-26-22(30)20-13-21(29-28-20)27-24(33)34-14-19-17-9-5-3-7-15(17)16-8-4-6-10-18(16)19/h3-10,13,19H,11-12,14H2,1-2H3,(H,26,30)(H,31,32)(H2,27,28,29,33). The number of carboxylic acids is 1. The summed E-state index contributed by atoms with van der Waals surface area (Å²) in [7, 11) is 0. The zero-order valence-corrected chi connectivity index (χ0v) is 18.9. The Hall–Kier alpha value is -4.14. The highest BCUT2D eigenvalue weighted by molar-refractivity contribution is 5.94. The molecule has 0 atom stereocenters. The molecule has 9 nitrogen and oxygen atoms in total. The van der Waals surface area contributed by atoms with Gasteiger partial charge in [0.2, 0.25) is 0 Å². The molecule has 4 rings (SSSR count). The smallest absolute Gasteiger partial charge is 0.412 e. The third-order valence-electron chi connectivity index (χ3n) is 6.01. The van der Waals surface area contributed by atoms with E-state index in [1.165, 1.54) is 6.07 Å². The predicted molar refractivity (Wildman–Crippen MR) is 126 cm³/mol. The Morgan fingerprint density at radius 1 is 1.06 bits per heavy atom. The normalized spacial score (nSPS) is 12.5. The number of benzene rings is 2. The van der Waals surface area contributed by atoms with Crippen LogP contribution in [0.2, 0.25) is 0 Å². The minimum Gasteiger partial charge on any atom is -0.481 e. The number of carbonyl (C=O) groups is 3. The van der Waals surface area contributed by atoms with Crippen LogP contribution in [0.3, 0.4) is 0 Å². The highest BCUT2D eigenvalue weighted by atomic mass is 16.5. The Labute approximate surface area is 196 Å². The number of H-pyrrole nitrogens is 1. The highest BCUT2D eigenvalue weighted by Crippen LogP contribution is 2.44. The van der Waals surface area contributed by atoms with Crippen LogP contribution in [-0.2, 0) is 9.53 Å². The van der Waals surface area contributed by atoms with Gasteiger partial charge >= 0.3 is 12.1 Å². The van der Waals surface area contributed by atoms with Crippen LogP contribution in [0.1, 0.15) is 47.8 Å². The van der Waals surface area contributed by atoms with Crippen LogP contribution in [0.4, 0.5) is 10.6 Å². The number of carboxylic acid groups (broad SMARTS) is 1. The lowest BCUT2D eigenvalue weighted by Gasteiger charge is -2.18. The molecule has 0 fully saturated rings. The van der Waals surface area contributed by atoms with Gasteiger partial charge in [0.1, 0.15) is 12.3 Å². The van der Waals surface area contributed by atoms with Crippen molar-refractivity contribution in [2.45, 2.75) is 26.2 Å². The van der Waals surface area contributed by atoms with E-state index in [0.29, 0.717) is 0 Å². The van der Waals surface area contributed by atoms with Crippen molar-refractivity contribution in [2.75, 3.05) is 18.5 Å². The van der Waals surface area contributed by atoms with Crippen LogP contribution in [0.25, 0.3) is 11.1 Å². The van der Waals surface area contributed by atoms with Gasteiger partial charge in [-0.25, -0.2) is 4.79 Å². The molecule has 34 heavy (non-hydrogen) atoms. The first-order chi connectivity index (χ1) is 16.3. The summed E-state index contributed by atoms with van der Waals surface area (Å²) in [5.41, 5.74) is 3.70. The van der Waals surface area contributed by atoms with Crippen molar-refractivity contribution >= 4 is 23.8 Å². The summed E-state index contributed by atoms with van der Waals surface area (Å²) < 4.78 is 5.48. The van der Waals surface area contributed by atoms with Crippen molar-refractivity contribution < 1.29 is 24.2 Å². The van der Waals surface area contributed by atoms with Gasteiger partial charge in [0.05, 0.1) is 5.41 Å². The average Bonchev–Trinajstić information content (AvgIpc) is 3.40. The van der Waals surface area contributed by atoms with E-state index in [9.17, 15) is 14.4 Å². The molecule has 176 valence electrons. The second-order valence-electron chi connectivity index (χ2n) is 8.81. The largest absolute Gasteiger partial charge is 0.481 e. The lowest BCUT2D eigenvalue weighted by atomic mass is 9.90. The topological polar surface area (TPSA) is 133 Å². The molecule has 3 aromatic rings. The van der Waals surface area contributed by atoms with Crippen LogP contribution in [0, 0.1) is 5.41 Å². The molecule has 0 saturated carbocycles. The quantitative estimate of drug-likeness (QED) is 0.400. The predicted octanol–water partition coefficient (Wildman–Crippen LogP) is 4.00. The van der Waals surface area contributed by atoms with Crippen molar-refractivity contribution in [2.24, 2.45) is 5.41 Å². The maximum absolute atomic E-state index is 12.4. The molecule has 0 radical (unpaired) electrons. The summed E-state index contributed by atoms with van der Waals surface area (Å²) >= 11 is 0. The Bertz CT molecular complexity index is 1190. The number of aromatic amines is 1. The fourth-order valence-corrected chi connectivity index (χ4v) is 3.93. The second-order valence-corrected chi connectivity index (χ2v) is 8.81. The first kappa shape index (κ1) is 23.0. The van der Waals surface area contributed by atoms with Gasteiger partial charge in [-0.1, -0.05) is 48.5 Å². The Morgan fingerprint density at radius 3 is 2.29 bits per heavy atom. The highest BCUT2D eigenvalue weighted by Gasteiger charge is 2.29. The number of ether oxygens (including phenoxy) is 1. The number of anilines is 1. The SMILES string of the molecule is CC(C)(CCNC(=O)c1cc(NC(=O)OCC2c3ccccc3-c3ccccc32)n[nH]1)C(=O)O. The molecule has 0 spiro atoms. The maximum atomic E-state index is 12.4. The van der Waals surface area contributed by atoms with Gasteiger partial charge in [0.15, 0.2) is 5.82 Å². The van der Waals surface area contributed by atoms with E-state index in [2.05, 4.69) is 33.0 Å². The number of nitrogens with one attached hydrogen (secondary N) is 3. The summed E-state index contributed by atoms with van der Waals surface area (Å²) in [4.78, 5) is 35.8. The number of carbonyl (C=O) groups excluding carboxylic acids is 2. The van der Waals surface area contributed by atoms with Crippen molar-refractivity contribution in [3.8, 4) is 11.1 Å². The van der Waals surface area contributed by atoms with E-state index in [4.69, 9.17) is 9.84 Å². The zero-order valence-electron chi connectivity index (χ0n) is 18.9. The van der Waals surface area contributed by atoms with E-state index >= 15 is 0 Å². The Kier molecular flexibility index (Phi) is 6.36. The summed E-state index contributed by atoms with van der Waals surface area (Å²) in [6.07, 6.45) is -0.406. The number of amides is 2. The first-order valence-electron chi connectivity index (χ1n) is 11.0. The zero-order chi connectivity index (χ0) is 24.3. The van der Waals surface area contributed by atoms with Crippen molar-refractivity contribution in [1.82, 2.24) is 15.5 Å². The number of hydrogen-bond donors (Lipinski definition) is 4. The summed E-state index contributed by atoms with van der Waals surface area (Å²) in [6.45, 7) is 3.53. The monoisotopic (exact) mass is 462 g/mol. The molecular weight excluding hydrogens is 436 g/mol. The summed E-state index contributed by atoms with van der Waals surface area (Å²) in [5, 5.41) is 20.8.